The average molecular weight is 468 g/mol. The quantitative estimate of drug-likeness (QED) is 0.247. The van der Waals surface area contributed by atoms with Gasteiger partial charge < -0.3 is 87.4 Å². The van der Waals surface area contributed by atoms with E-state index in [1.165, 1.54) is 0 Å². The van der Waals surface area contributed by atoms with Crippen molar-refractivity contribution in [2.24, 2.45) is 0 Å². The normalized spacial score (nSPS) is 0.600. The summed E-state index contributed by atoms with van der Waals surface area (Å²) in [6, 6.07) is 0. The van der Waals surface area contributed by atoms with Crippen LogP contribution in [0.5, 0.6) is 0 Å². The molecule has 90 valence electrons. The molecule has 0 fully saturated rings. The van der Waals surface area contributed by atoms with Crippen molar-refractivity contribution in [3.8, 4) is 0 Å². The molecule has 0 aliphatic rings. The van der Waals surface area contributed by atoms with Crippen LogP contribution in [0.15, 0.2) is 0 Å². The van der Waals surface area contributed by atoms with Gasteiger partial charge in [0.05, 0.1) is 0 Å². The molecule has 9 nitrogen and oxygen atoms in total. The molecule has 14 heteroatoms. The molecule has 0 radical (unpaired) electrons. The zero-order chi connectivity index (χ0) is 12.0. The molecule has 6 N–H and O–H groups in total. The number of rotatable bonds is 0. The molecule has 0 aliphatic carbocycles. The summed E-state index contributed by atoms with van der Waals surface area (Å²) in [6.45, 7) is 28.5. The van der Waals surface area contributed by atoms with Crippen molar-refractivity contribution >= 4 is 0 Å². The first kappa shape index (κ1) is 127. The molecule has 0 unspecified atom stereocenters. The third-order valence-electron chi connectivity index (χ3n) is 0. The molecule has 0 heterocycles. The van der Waals surface area contributed by atoms with Crippen molar-refractivity contribution in [2.75, 3.05) is 0 Å². The Kier molecular flexibility index (Phi) is 4440. The van der Waals surface area contributed by atoms with Crippen LogP contribution < -0.4 is 206 Å². The van der Waals surface area contributed by atoms with Gasteiger partial charge in [0.25, 0.3) is 0 Å². The van der Waals surface area contributed by atoms with Crippen LogP contribution in [0.25, 0.3) is 0 Å². The van der Waals surface area contributed by atoms with Crippen molar-refractivity contribution in [1.82, 2.24) is 0 Å². The average Bonchev–Trinajstić information content (AvgIpc) is 2.33. The Morgan fingerprint density at radius 3 is 0.300 bits per heavy atom. The van der Waals surface area contributed by atoms with Gasteiger partial charge in [-0.25, -0.2) is 0 Å². The Bertz CT molecular complexity index is 118. The van der Waals surface area contributed by atoms with Gasteiger partial charge in [-0.05, 0) is 0 Å². The Labute approximate surface area is 303 Å². The monoisotopic (exact) mass is 468 g/mol. The molecule has 0 saturated carbocycles. The fraction of sp³-hybridized carbons (Fsp3) is 0. The van der Waals surface area contributed by atoms with Crippen molar-refractivity contribution in [1.29, 1.82) is 31.6 Å². The van der Waals surface area contributed by atoms with Gasteiger partial charge in [-0.15, -0.1) is 0 Å². The summed E-state index contributed by atoms with van der Waals surface area (Å²) in [6.07, 6.45) is 0. The molecule has 0 aromatic heterocycles. The second kappa shape index (κ2) is 699. The first-order valence-electron chi connectivity index (χ1n) is 1.34. The topological polar surface area (TPSA) is 237 Å². The molecule has 0 aromatic carbocycles. The van der Waals surface area contributed by atoms with Gasteiger partial charge in [0.1, 0.15) is 0 Å². The predicted octanol–water partition coefficient (Wildman–Crippen LogP) is -13.9. The minimum atomic E-state index is 0. The second-order valence-electron chi connectivity index (χ2n) is 0. The van der Waals surface area contributed by atoms with Crippen LogP contribution in [0.2, 0.25) is 0 Å². The van der Waals surface area contributed by atoms with Crippen molar-refractivity contribution in [3.63, 3.8) is 0 Å². The maximum atomic E-state index is 6.25. The predicted molar refractivity (Wildman–Crippen MR) is 40.6 cm³/mol. The van der Waals surface area contributed by atoms with Crippen LogP contribution in [-0.4, -0.2) is 16.4 Å². The zero-order valence-corrected chi connectivity index (χ0v) is 25.8. The van der Waals surface area contributed by atoms with E-state index in [0.717, 1.165) is 0 Å². The van der Waals surface area contributed by atoms with Gasteiger partial charge in [0, 0.05) is 0 Å². The van der Waals surface area contributed by atoms with E-state index < -0.39 is 0 Å². The minimum Gasteiger partial charge on any atom is -0.512 e. The third-order valence-corrected chi connectivity index (χ3v) is 0. The van der Waals surface area contributed by atoms with E-state index in [4.69, 9.17) is 71.0 Å². The fourth-order valence-corrected chi connectivity index (χ4v) is 0. The van der Waals surface area contributed by atoms with E-state index in [-0.39, 0.29) is 241 Å². The van der Waals surface area contributed by atoms with Crippen LogP contribution in [0, 0.1) is 71.0 Å². The molecule has 0 aromatic rings. The molecule has 0 saturated heterocycles. The standard InChI is InChI=1S/6CN.4K.3H2O.Ru/c6*1-2;;;;;;;;/h;;;;;;;;;;3*1H2;/q6*-1;4*+1;;;;+2. The van der Waals surface area contributed by atoms with Crippen LogP contribution in [0.4, 0.5) is 0 Å². The Morgan fingerprint density at radius 1 is 0.300 bits per heavy atom. The van der Waals surface area contributed by atoms with Crippen LogP contribution in [0.3, 0.4) is 0 Å². The first-order chi connectivity index (χ1) is 6.00. The summed E-state index contributed by atoms with van der Waals surface area (Å²) in [5, 5.41) is 37.5. The van der Waals surface area contributed by atoms with E-state index in [1.54, 1.807) is 0 Å². The van der Waals surface area contributed by atoms with Crippen LogP contribution in [-0.2, 0) is 19.5 Å². The molecule has 0 rings (SSSR count). The number of nitrogens with zero attached hydrogens (tertiary/aromatic N) is 6. The van der Waals surface area contributed by atoms with E-state index in [1.807, 2.05) is 0 Å². The number of hydrogen-bond acceptors (Lipinski definition) is 6. The van der Waals surface area contributed by atoms with Crippen LogP contribution in [0.1, 0.15) is 0 Å². The van der Waals surface area contributed by atoms with E-state index >= 15 is 0 Å². The summed E-state index contributed by atoms with van der Waals surface area (Å²) in [7, 11) is 0. The molecule has 0 aliphatic heterocycles. The first-order valence-corrected chi connectivity index (χ1v) is 1.34. The zero-order valence-electron chi connectivity index (χ0n) is 11.5. The van der Waals surface area contributed by atoms with Crippen molar-refractivity contribution < 1.29 is 241 Å². The minimum absolute atomic E-state index is 0. The van der Waals surface area contributed by atoms with Gasteiger partial charge in [-0.1, -0.05) is 0 Å². The fourth-order valence-electron chi connectivity index (χ4n) is 0. The van der Waals surface area contributed by atoms with Crippen molar-refractivity contribution in [2.45, 2.75) is 0 Å². The van der Waals surface area contributed by atoms with Gasteiger partial charge in [-0.2, -0.15) is 0 Å². The SMILES string of the molecule is O.O.O.[C-]#N.[C-]#N.[C-]#N.[C-]#N.[C-]#N.[C-]#N.[K+].[K+].[K+].[K+].[Ru+2]. The summed E-state index contributed by atoms with van der Waals surface area (Å²) in [4.78, 5) is 0. The summed E-state index contributed by atoms with van der Waals surface area (Å²) >= 11 is 0. The summed E-state index contributed by atoms with van der Waals surface area (Å²) in [5.74, 6) is 0. The molecule has 0 bridgehead atoms. The Hall–Kier alpha value is 3.99. The largest absolute Gasteiger partial charge is 2.00 e. The van der Waals surface area contributed by atoms with E-state index in [9.17, 15) is 0 Å². The van der Waals surface area contributed by atoms with E-state index in [0.29, 0.717) is 0 Å². The second-order valence-corrected chi connectivity index (χ2v) is 0. The molecule has 0 atom stereocenters. The molecule has 20 heavy (non-hydrogen) atoms. The molecule has 0 amide bonds. The maximum Gasteiger partial charge on any atom is 2.00 e. The van der Waals surface area contributed by atoms with E-state index in [2.05, 4.69) is 0 Å². The van der Waals surface area contributed by atoms with Crippen LogP contribution >= 0.6 is 0 Å². The maximum absolute atomic E-state index is 6.25. The Morgan fingerprint density at radius 2 is 0.300 bits per heavy atom. The van der Waals surface area contributed by atoms with Gasteiger partial charge in [0.15, 0.2) is 0 Å². The molecular weight excluding hydrogens is 462 g/mol. The summed E-state index contributed by atoms with van der Waals surface area (Å²) in [5.41, 5.74) is 0. The van der Waals surface area contributed by atoms with Gasteiger partial charge in [0.2, 0.25) is 0 Å². The smallest absolute Gasteiger partial charge is 0.512 e. The molecule has 0 spiro atoms. The number of hydrogen-bond donors (Lipinski definition) is 0. The third kappa shape index (κ3) is 609. The van der Waals surface area contributed by atoms with Crippen molar-refractivity contribution in [3.05, 3.63) is 39.4 Å². The molecular formula is C6H6K4N6O3Ru. The van der Waals surface area contributed by atoms with Gasteiger partial charge in [-0.3, -0.25) is 0 Å². The van der Waals surface area contributed by atoms with Gasteiger partial charge >= 0.3 is 225 Å². The summed E-state index contributed by atoms with van der Waals surface area (Å²) < 4.78 is 0. The Balaban J connectivity index is -0.00000000167.